The molecular weight excluding hydrogens is 458 g/mol. The van der Waals surface area contributed by atoms with Crippen LogP contribution in [-0.4, -0.2) is 61.6 Å². The van der Waals surface area contributed by atoms with Crippen LogP contribution in [0.2, 0.25) is 0 Å². The fourth-order valence-electron chi connectivity index (χ4n) is 4.66. The second kappa shape index (κ2) is 13.0. The molecule has 0 bridgehead atoms. The lowest BCUT2D eigenvalue weighted by Crippen LogP contribution is -2.46. The lowest BCUT2D eigenvalue weighted by atomic mass is 10.1. The van der Waals surface area contributed by atoms with E-state index in [2.05, 4.69) is 58.0 Å². The van der Waals surface area contributed by atoms with E-state index in [1.807, 2.05) is 62.1 Å². The van der Waals surface area contributed by atoms with Crippen molar-refractivity contribution in [1.82, 2.24) is 9.80 Å². The minimum absolute atomic E-state index is 0.102. The Balaban J connectivity index is 1.36. The molecule has 1 saturated heterocycles. The van der Waals surface area contributed by atoms with E-state index in [-0.39, 0.29) is 5.91 Å². The molecule has 0 aliphatic carbocycles. The summed E-state index contributed by atoms with van der Waals surface area (Å²) >= 11 is 0. The maximum atomic E-state index is 12.6. The fraction of sp³-hybridized carbons (Fsp3) is 0.344. The summed E-state index contributed by atoms with van der Waals surface area (Å²) in [6, 6.07) is 24.5. The molecule has 3 aromatic carbocycles. The zero-order chi connectivity index (χ0) is 26.0. The number of amides is 1. The number of nitrogens with zero attached hydrogens (tertiary/aromatic N) is 3. The van der Waals surface area contributed by atoms with Crippen LogP contribution in [0.5, 0.6) is 5.75 Å². The average molecular weight is 496 g/mol. The highest BCUT2D eigenvalue weighted by Crippen LogP contribution is 2.20. The second-order valence-electron chi connectivity index (χ2n) is 9.16. The second-order valence-corrected chi connectivity index (χ2v) is 9.16. The number of rotatable bonds is 8. The first-order chi connectivity index (χ1) is 18.1. The molecule has 0 radical (unpaired) electrons. The van der Waals surface area contributed by atoms with Crippen molar-refractivity contribution in [3.8, 4) is 17.6 Å². The van der Waals surface area contributed by atoms with Crippen LogP contribution in [-0.2, 0) is 6.54 Å². The highest BCUT2D eigenvalue weighted by molar-refractivity contribution is 5.94. The maximum absolute atomic E-state index is 12.6. The van der Waals surface area contributed by atoms with Crippen molar-refractivity contribution in [2.45, 2.75) is 27.3 Å². The van der Waals surface area contributed by atoms with E-state index in [1.54, 1.807) is 0 Å². The van der Waals surface area contributed by atoms with E-state index < -0.39 is 0 Å². The Morgan fingerprint density at radius 2 is 1.59 bits per heavy atom. The molecule has 192 valence electrons. The smallest absolute Gasteiger partial charge is 0.253 e. The molecule has 1 amide bonds. The van der Waals surface area contributed by atoms with Gasteiger partial charge in [0.25, 0.3) is 5.91 Å². The average Bonchev–Trinajstić information content (AvgIpc) is 2.94. The van der Waals surface area contributed by atoms with Crippen molar-refractivity contribution in [3.05, 3.63) is 95.1 Å². The van der Waals surface area contributed by atoms with E-state index in [0.29, 0.717) is 6.61 Å². The van der Waals surface area contributed by atoms with Gasteiger partial charge in [0.15, 0.2) is 0 Å². The summed E-state index contributed by atoms with van der Waals surface area (Å²) in [5.41, 5.74) is 5.22. The van der Waals surface area contributed by atoms with Gasteiger partial charge in [0, 0.05) is 68.2 Å². The third kappa shape index (κ3) is 6.93. The Labute approximate surface area is 221 Å². The normalized spacial score (nSPS) is 13.5. The molecule has 0 spiro atoms. The number of hydrogen-bond acceptors (Lipinski definition) is 4. The number of carbonyl (C=O) groups is 1. The molecule has 1 aliphatic rings. The largest absolute Gasteiger partial charge is 0.494 e. The van der Waals surface area contributed by atoms with Crippen LogP contribution in [0.1, 0.15) is 47.8 Å². The number of ether oxygens (including phenoxy) is 1. The molecule has 1 aliphatic heterocycles. The Bertz CT molecular complexity index is 1230. The SMILES string of the molecule is CCOc1cccc(C#Cc2ccccc2CN2CCN(c3ccc(C(=O)N(CC)CC)cc3)CC2)c1. The lowest BCUT2D eigenvalue weighted by molar-refractivity contribution is 0.0773. The fourth-order valence-corrected chi connectivity index (χ4v) is 4.66. The maximum Gasteiger partial charge on any atom is 0.253 e. The van der Waals surface area contributed by atoms with Gasteiger partial charge in [-0.05, 0) is 74.9 Å². The van der Waals surface area contributed by atoms with Gasteiger partial charge < -0.3 is 14.5 Å². The zero-order valence-electron chi connectivity index (χ0n) is 22.2. The molecule has 3 aromatic rings. The van der Waals surface area contributed by atoms with E-state index in [1.165, 1.54) is 11.3 Å². The van der Waals surface area contributed by atoms with Gasteiger partial charge in [0.2, 0.25) is 0 Å². The number of carbonyl (C=O) groups excluding carboxylic acids is 1. The Kier molecular flexibility index (Phi) is 9.24. The Hall–Kier alpha value is -3.75. The van der Waals surface area contributed by atoms with Gasteiger partial charge in [-0.3, -0.25) is 9.69 Å². The first-order valence-corrected chi connectivity index (χ1v) is 13.3. The molecule has 1 fully saturated rings. The van der Waals surface area contributed by atoms with E-state index in [9.17, 15) is 4.79 Å². The molecule has 0 aromatic heterocycles. The Morgan fingerprint density at radius 1 is 0.865 bits per heavy atom. The first kappa shape index (κ1) is 26.3. The van der Waals surface area contributed by atoms with E-state index >= 15 is 0 Å². The van der Waals surface area contributed by atoms with Crippen LogP contribution in [0.25, 0.3) is 0 Å². The van der Waals surface area contributed by atoms with Crippen LogP contribution in [0.4, 0.5) is 5.69 Å². The summed E-state index contributed by atoms with van der Waals surface area (Å²) in [6.07, 6.45) is 0. The van der Waals surface area contributed by atoms with Crippen molar-refractivity contribution < 1.29 is 9.53 Å². The van der Waals surface area contributed by atoms with Crippen molar-refractivity contribution in [1.29, 1.82) is 0 Å². The molecule has 1 heterocycles. The minimum atomic E-state index is 0.102. The molecule has 0 N–H and O–H groups in total. The number of anilines is 1. The highest BCUT2D eigenvalue weighted by atomic mass is 16.5. The van der Waals surface area contributed by atoms with Crippen molar-refractivity contribution in [3.63, 3.8) is 0 Å². The third-order valence-electron chi connectivity index (χ3n) is 6.80. The summed E-state index contributed by atoms with van der Waals surface area (Å²) in [5, 5.41) is 0. The zero-order valence-corrected chi connectivity index (χ0v) is 22.2. The van der Waals surface area contributed by atoms with Gasteiger partial charge in [0.1, 0.15) is 5.75 Å². The molecule has 0 atom stereocenters. The van der Waals surface area contributed by atoms with Gasteiger partial charge in [-0.1, -0.05) is 36.1 Å². The van der Waals surface area contributed by atoms with Gasteiger partial charge >= 0.3 is 0 Å². The molecule has 4 rings (SSSR count). The Morgan fingerprint density at radius 3 is 2.30 bits per heavy atom. The van der Waals surface area contributed by atoms with Crippen LogP contribution in [0.3, 0.4) is 0 Å². The van der Waals surface area contributed by atoms with Gasteiger partial charge in [-0.2, -0.15) is 0 Å². The molecule has 37 heavy (non-hydrogen) atoms. The predicted molar refractivity (Wildman–Crippen MR) is 151 cm³/mol. The van der Waals surface area contributed by atoms with Gasteiger partial charge in [0.05, 0.1) is 6.61 Å². The predicted octanol–water partition coefficient (Wildman–Crippen LogP) is 5.29. The summed E-state index contributed by atoms with van der Waals surface area (Å²) in [6.45, 7) is 12.9. The standard InChI is InChI=1S/C32H37N3O2/c1-4-34(5-2)32(36)28-16-18-30(19-17-28)35-22-20-33(21-23-35)25-29-12-8-7-11-27(29)15-14-26-10-9-13-31(24-26)37-6-3/h7-13,16-19,24H,4-6,20-23,25H2,1-3H3. The summed E-state index contributed by atoms with van der Waals surface area (Å²) in [5.74, 6) is 7.64. The van der Waals surface area contributed by atoms with Crippen molar-refractivity contribution in [2.24, 2.45) is 0 Å². The van der Waals surface area contributed by atoms with Gasteiger partial charge in [-0.25, -0.2) is 0 Å². The summed E-state index contributed by atoms with van der Waals surface area (Å²) in [7, 11) is 0. The highest BCUT2D eigenvalue weighted by Gasteiger charge is 2.19. The molecule has 0 saturated carbocycles. The molecule has 0 unspecified atom stereocenters. The summed E-state index contributed by atoms with van der Waals surface area (Å²) in [4.78, 5) is 19.3. The quantitative estimate of drug-likeness (QED) is 0.398. The summed E-state index contributed by atoms with van der Waals surface area (Å²) < 4.78 is 5.60. The van der Waals surface area contributed by atoms with Crippen LogP contribution < -0.4 is 9.64 Å². The minimum Gasteiger partial charge on any atom is -0.494 e. The third-order valence-corrected chi connectivity index (χ3v) is 6.80. The number of hydrogen-bond donors (Lipinski definition) is 0. The lowest BCUT2D eigenvalue weighted by Gasteiger charge is -2.36. The van der Waals surface area contributed by atoms with Crippen molar-refractivity contribution in [2.75, 3.05) is 50.8 Å². The monoisotopic (exact) mass is 495 g/mol. The molecule has 5 heteroatoms. The van der Waals surface area contributed by atoms with E-state index in [0.717, 1.165) is 68.3 Å². The van der Waals surface area contributed by atoms with E-state index in [4.69, 9.17) is 4.74 Å². The first-order valence-electron chi connectivity index (χ1n) is 13.3. The number of piperazine rings is 1. The van der Waals surface area contributed by atoms with Crippen molar-refractivity contribution >= 4 is 11.6 Å². The van der Waals surface area contributed by atoms with Crippen LogP contribution >= 0.6 is 0 Å². The van der Waals surface area contributed by atoms with Crippen LogP contribution in [0.15, 0.2) is 72.8 Å². The van der Waals surface area contributed by atoms with Crippen LogP contribution in [0, 0.1) is 11.8 Å². The molecular formula is C32H37N3O2. The topological polar surface area (TPSA) is 36.0 Å². The number of benzene rings is 3. The molecule has 5 nitrogen and oxygen atoms in total. The van der Waals surface area contributed by atoms with Gasteiger partial charge in [-0.15, -0.1) is 0 Å².